The number of nitrogens with zero attached hydrogens (tertiary/aromatic N) is 3. The van der Waals surface area contributed by atoms with Crippen LogP contribution in [0.15, 0.2) is 42.9 Å². The highest BCUT2D eigenvalue weighted by Gasteiger charge is 2.08. The smallest absolute Gasteiger partial charge is 0.143 e. The average molecular weight is 252 g/mol. The van der Waals surface area contributed by atoms with E-state index in [0.717, 1.165) is 28.7 Å². The van der Waals surface area contributed by atoms with Crippen LogP contribution in [0.4, 0.5) is 0 Å². The third-order valence-electron chi connectivity index (χ3n) is 3.32. The Morgan fingerprint density at radius 1 is 1.11 bits per heavy atom. The maximum absolute atomic E-state index is 5.56. The summed E-state index contributed by atoms with van der Waals surface area (Å²) in [7, 11) is 1.99. The SMILES string of the molecule is Cn1ccc2c(-c3ccc(CCN)cc3)ncnc21. The number of hydrogen-bond acceptors (Lipinski definition) is 3. The maximum Gasteiger partial charge on any atom is 0.143 e. The average Bonchev–Trinajstić information content (AvgIpc) is 2.82. The predicted octanol–water partition coefficient (Wildman–Crippen LogP) is 2.14. The Morgan fingerprint density at radius 2 is 1.89 bits per heavy atom. The summed E-state index contributed by atoms with van der Waals surface area (Å²) in [5.74, 6) is 0. The number of fused-ring (bicyclic) bond motifs is 1. The predicted molar refractivity (Wildman–Crippen MR) is 76.7 cm³/mol. The lowest BCUT2D eigenvalue weighted by Crippen LogP contribution is -2.02. The van der Waals surface area contributed by atoms with Crippen molar-refractivity contribution < 1.29 is 0 Å². The molecular formula is C15H16N4. The Labute approximate surface area is 111 Å². The second-order valence-corrected chi connectivity index (χ2v) is 4.62. The van der Waals surface area contributed by atoms with Gasteiger partial charge in [0, 0.05) is 24.2 Å². The molecule has 0 amide bonds. The molecule has 0 aliphatic rings. The number of nitrogens with two attached hydrogens (primary N) is 1. The van der Waals surface area contributed by atoms with Gasteiger partial charge in [0.15, 0.2) is 0 Å². The summed E-state index contributed by atoms with van der Waals surface area (Å²) in [5.41, 5.74) is 9.86. The van der Waals surface area contributed by atoms with Crippen molar-refractivity contribution in [3.05, 3.63) is 48.4 Å². The molecule has 0 bridgehead atoms. The van der Waals surface area contributed by atoms with Gasteiger partial charge < -0.3 is 10.3 Å². The van der Waals surface area contributed by atoms with E-state index < -0.39 is 0 Å². The molecule has 0 atom stereocenters. The van der Waals surface area contributed by atoms with Crippen LogP contribution in [0, 0.1) is 0 Å². The Balaban J connectivity index is 2.08. The molecule has 19 heavy (non-hydrogen) atoms. The van der Waals surface area contributed by atoms with E-state index in [9.17, 15) is 0 Å². The fourth-order valence-electron chi connectivity index (χ4n) is 2.30. The molecule has 0 saturated heterocycles. The van der Waals surface area contributed by atoms with Crippen LogP contribution in [0.2, 0.25) is 0 Å². The van der Waals surface area contributed by atoms with E-state index in [1.807, 2.05) is 17.8 Å². The standard InChI is InChI=1S/C15H16N4/c1-19-9-7-13-14(17-10-18-15(13)19)12-4-2-11(3-5-12)6-8-16/h2-5,7,9-10H,6,8,16H2,1H3. The fourth-order valence-corrected chi connectivity index (χ4v) is 2.30. The number of rotatable bonds is 3. The highest BCUT2D eigenvalue weighted by atomic mass is 15.0. The second-order valence-electron chi connectivity index (χ2n) is 4.62. The lowest BCUT2D eigenvalue weighted by molar-refractivity contribution is 0.944. The number of aryl methyl sites for hydroxylation is 1. The summed E-state index contributed by atoms with van der Waals surface area (Å²) in [4.78, 5) is 8.73. The van der Waals surface area contributed by atoms with Crippen LogP contribution in [0.25, 0.3) is 22.3 Å². The molecule has 3 aromatic rings. The largest absolute Gasteiger partial charge is 0.335 e. The molecule has 2 aromatic heterocycles. The Bertz CT molecular complexity index is 698. The summed E-state index contributed by atoms with van der Waals surface area (Å²) >= 11 is 0. The molecule has 4 heteroatoms. The lowest BCUT2D eigenvalue weighted by Gasteiger charge is -2.04. The Morgan fingerprint density at radius 3 is 2.63 bits per heavy atom. The third-order valence-corrected chi connectivity index (χ3v) is 3.32. The van der Waals surface area contributed by atoms with Crippen LogP contribution >= 0.6 is 0 Å². The fraction of sp³-hybridized carbons (Fsp3) is 0.200. The normalized spacial score (nSPS) is 11.1. The quantitative estimate of drug-likeness (QED) is 0.777. The van der Waals surface area contributed by atoms with Gasteiger partial charge >= 0.3 is 0 Å². The molecule has 0 aliphatic carbocycles. The molecule has 0 radical (unpaired) electrons. The van der Waals surface area contributed by atoms with Gasteiger partial charge in [-0.25, -0.2) is 9.97 Å². The first-order chi connectivity index (χ1) is 9.29. The topological polar surface area (TPSA) is 56.7 Å². The molecule has 0 saturated carbocycles. The molecule has 0 aliphatic heterocycles. The molecular weight excluding hydrogens is 236 g/mol. The van der Waals surface area contributed by atoms with Crippen molar-refractivity contribution in [3.63, 3.8) is 0 Å². The van der Waals surface area contributed by atoms with Gasteiger partial charge in [-0.1, -0.05) is 24.3 Å². The number of benzene rings is 1. The van der Waals surface area contributed by atoms with E-state index in [-0.39, 0.29) is 0 Å². The maximum atomic E-state index is 5.56. The molecule has 0 unspecified atom stereocenters. The molecule has 2 N–H and O–H groups in total. The van der Waals surface area contributed by atoms with Gasteiger partial charge in [-0.2, -0.15) is 0 Å². The zero-order chi connectivity index (χ0) is 13.2. The number of aromatic nitrogens is 3. The van der Waals surface area contributed by atoms with Crippen molar-refractivity contribution >= 4 is 11.0 Å². The first-order valence-corrected chi connectivity index (χ1v) is 6.35. The zero-order valence-electron chi connectivity index (χ0n) is 10.9. The van der Waals surface area contributed by atoms with E-state index >= 15 is 0 Å². The van der Waals surface area contributed by atoms with Crippen molar-refractivity contribution in [1.29, 1.82) is 0 Å². The molecule has 2 heterocycles. The number of hydrogen-bond donors (Lipinski definition) is 1. The summed E-state index contributed by atoms with van der Waals surface area (Å²) in [5, 5.41) is 1.08. The summed E-state index contributed by atoms with van der Waals surface area (Å²) in [6.07, 6.45) is 4.53. The van der Waals surface area contributed by atoms with Gasteiger partial charge in [0.1, 0.15) is 12.0 Å². The van der Waals surface area contributed by atoms with Crippen LogP contribution in [-0.4, -0.2) is 21.1 Å². The minimum absolute atomic E-state index is 0.676. The Hall–Kier alpha value is -2.20. The van der Waals surface area contributed by atoms with Gasteiger partial charge in [-0.15, -0.1) is 0 Å². The van der Waals surface area contributed by atoms with Gasteiger partial charge in [-0.3, -0.25) is 0 Å². The lowest BCUT2D eigenvalue weighted by atomic mass is 10.1. The van der Waals surface area contributed by atoms with Crippen LogP contribution in [0.1, 0.15) is 5.56 Å². The molecule has 3 rings (SSSR count). The first kappa shape index (κ1) is 11.9. The highest BCUT2D eigenvalue weighted by Crippen LogP contribution is 2.25. The zero-order valence-corrected chi connectivity index (χ0v) is 10.9. The van der Waals surface area contributed by atoms with Crippen LogP contribution in [0.5, 0.6) is 0 Å². The summed E-state index contributed by atoms with van der Waals surface area (Å²) in [6, 6.07) is 10.5. The van der Waals surface area contributed by atoms with E-state index in [1.54, 1.807) is 6.33 Å². The molecule has 0 fully saturated rings. The third kappa shape index (κ3) is 2.11. The van der Waals surface area contributed by atoms with E-state index in [1.165, 1.54) is 5.56 Å². The van der Waals surface area contributed by atoms with E-state index in [4.69, 9.17) is 5.73 Å². The van der Waals surface area contributed by atoms with Gasteiger partial charge in [-0.05, 0) is 24.6 Å². The molecule has 4 nitrogen and oxygen atoms in total. The molecule has 96 valence electrons. The Kier molecular flexibility index (Phi) is 3.01. The van der Waals surface area contributed by atoms with Gasteiger partial charge in [0.25, 0.3) is 0 Å². The van der Waals surface area contributed by atoms with Crippen LogP contribution in [0.3, 0.4) is 0 Å². The van der Waals surface area contributed by atoms with Crippen molar-refractivity contribution in [1.82, 2.24) is 14.5 Å². The van der Waals surface area contributed by atoms with Crippen molar-refractivity contribution in [2.45, 2.75) is 6.42 Å². The van der Waals surface area contributed by atoms with E-state index in [0.29, 0.717) is 6.54 Å². The van der Waals surface area contributed by atoms with Crippen LogP contribution in [-0.2, 0) is 13.5 Å². The van der Waals surface area contributed by atoms with Crippen molar-refractivity contribution in [2.75, 3.05) is 6.54 Å². The minimum atomic E-state index is 0.676. The van der Waals surface area contributed by atoms with Crippen molar-refractivity contribution in [2.24, 2.45) is 12.8 Å². The molecule has 1 aromatic carbocycles. The monoisotopic (exact) mass is 252 g/mol. The van der Waals surface area contributed by atoms with Gasteiger partial charge in [0.05, 0.1) is 5.69 Å². The van der Waals surface area contributed by atoms with Gasteiger partial charge in [0.2, 0.25) is 0 Å². The first-order valence-electron chi connectivity index (χ1n) is 6.35. The second kappa shape index (κ2) is 4.82. The summed E-state index contributed by atoms with van der Waals surface area (Å²) in [6.45, 7) is 0.676. The van der Waals surface area contributed by atoms with Crippen LogP contribution < -0.4 is 5.73 Å². The van der Waals surface area contributed by atoms with Crippen molar-refractivity contribution in [3.8, 4) is 11.3 Å². The molecule has 0 spiro atoms. The summed E-state index contributed by atoms with van der Waals surface area (Å²) < 4.78 is 2.00. The highest BCUT2D eigenvalue weighted by molar-refractivity contribution is 5.90. The minimum Gasteiger partial charge on any atom is -0.335 e. The van der Waals surface area contributed by atoms with E-state index in [2.05, 4.69) is 40.3 Å².